The molecule has 0 bridgehead atoms. The van der Waals surface area contributed by atoms with Crippen LogP contribution in [0, 0.1) is 0 Å². The second kappa shape index (κ2) is 8.10. The van der Waals surface area contributed by atoms with Crippen molar-refractivity contribution in [2.24, 2.45) is 0 Å². The molecule has 0 atom stereocenters. The molecule has 0 aliphatic carbocycles. The number of hydrogen-bond donors (Lipinski definition) is 2. The molecule has 5 nitrogen and oxygen atoms in total. The number of fused-ring (bicyclic) bond motifs is 1. The summed E-state index contributed by atoms with van der Waals surface area (Å²) >= 11 is 12.5. The fourth-order valence-corrected chi connectivity index (χ4v) is 3.60. The zero-order chi connectivity index (χ0) is 19.5. The smallest absolute Gasteiger partial charge is 0.267 e. The number of hydrogen-bond acceptors (Lipinski definition) is 5. The quantitative estimate of drug-likeness (QED) is 0.435. The Bertz CT molecular complexity index is 1140. The number of amides is 1. The van der Waals surface area contributed by atoms with Crippen LogP contribution < -0.4 is 10.6 Å². The summed E-state index contributed by atoms with van der Waals surface area (Å²) in [6.07, 6.45) is 0.573. The maximum atomic E-state index is 12.1. The van der Waals surface area contributed by atoms with Crippen LogP contribution in [-0.2, 0) is 6.42 Å². The molecule has 8 heteroatoms. The van der Waals surface area contributed by atoms with Gasteiger partial charge < -0.3 is 9.73 Å². The number of carbonyl (C=O) groups is 1. The third-order valence-corrected chi connectivity index (χ3v) is 5.26. The zero-order valence-corrected chi connectivity index (χ0v) is 16.8. The summed E-state index contributed by atoms with van der Waals surface area (Å²) < 4.78 is 5.80. The number of nitrogens with zero attached hydrogens (tertiary/aromatic N) is 1. The molecule has 0 saturated heterocycles. The highest BCUT2D eigenvalue weighted by Gasteiger charge is 2.11. The summed E-state index contributed by atoms with van der Waals surface area (Å²) in [6, 6.07) is 16.6. The van der Waals surface area contributed by atoms with E-state index < -0.39 is 0 Å². The molecule has 2 aromatic carbocycles. The average molecular weight is 428 g/mol. The molecule has 4 aromatic rings. The van der Waals surface area contributed by atoms with Crippen molar-refractivity contribution in [3.8, 4) is 0 Å². The van der Waals surface area contributed by atoms with Crippen LogP contribution >= 0.6 is 35.2 Å². The van der Waals surface area contributed by atoms with E-state index >= 15 is 0 Å². The molecular formula is C20H14ClN3O2S2. The number of anilines is 1. The first-order valence-corrected chi connectivity index (χ1v) is 10.0. The van der Waals surface area contributed by atoms with Crippen molar-refractivity contribution < 1.29 is 9.21 Å². The highest BCUT2D eigenvalue weighted by atomic mass is 35.5. The van der Waals surface area contributed by atoms with E-state index in [2.05, 4.69) is 15.6 Å². The predicted octanol–water partition coefficient (Wildman–Crippen LogP) is 5.26. The molecule has 0 aliphatic rings. The van der Waals surface area contributed by atoms with Crippen LogP contribution in [0.25, 0.3) is 11.1 Å². The van der Waals surface area contributed by atoms with Crippen LogP contribution in [0.5, 0.6) is 0 Å². The molecule has 0 fully saturated rings. The molecule has 1 amide bonds. The topological polar surface area (TPSA) is 67.2 Å². The highest BCUT2D eigenvalue weighted by Crippen LogP contribution is 2.22. The van der Waals surface area contributed by atoms with E-state index in [4.69, 9.17) is 28.2 Å². The first-order valence-electron chi connectivity index (χ1n) is 8.36. The molecule has 0 saturated carbocycles. The predicted molar refractivity (Wildman–Crippen MR) is 116 cm³/mol. The fourth-order valence-electron chi connectivity index (χ4n) is 2.64. The minimum atomic E-state index is -0.236. The van der Waals surface area contributed by atoms with E-state index in [0.717, 1.165) is 11.3 Å². The number of thiocarbonyl (C=S) groups is 1. The molecule has 0 aliphatic heterocycles. The van der Waals surface area contributed by atoms with Crippen LogP contribution in [0.4, 0.5) is 5.69 Å². The SMILES string of the molecule is O=C(NC(=S)Nc1ccc2oc(Cc3ccc(Cl)cc3)nc2c1)c1cccs1. The molecule has 2 heterocycles. The second-order valence-corrected chi connectivity index (χ2v) is 7.77. The summed E-state index contributed by atoms with van der Waals surface area (Å²) in [6.45, 7) is 0. The van der Waals surface area contributed by atoms with Crippen LogP contribution in [0.15, 0.2) is 64.4 Å². The summed E-state index contributed by atoms with van der Waals surface area (Å²) in [4.78, 5) is 17.2. The molecule has 140 valence electrons. The number of halogens is 1. The fraction of sp³-hybridized carbons (Fsp3) is 0.0500. The number of rotatable bonds is 4. The minimum Gasteiger partial charge on any atom is -0.440 e. The Kier molecular flexibility index (Phi) is 5.38. The lowest BCUT2D eigenvalue weighted by molar-refractivity contribution is 0.0981. The van der Waals surface area contributed by atoms with Crippen molar-refractivity contribution in [2.45, 2.75) is 6.42 Å². The van der Waals surface area contributed by atoms with Gasteiger partial charge in [-0.05, 0) is 59.6 Å². The lowest BCUT2D eigenvalue weighted by atomic mass is 10.1. The van der Waals surface area contributed by atoms with Gasteiger partial charge in [-0.25, -0.2) is 4.98 Å². The van der Waals surface area contributed by atoms with E-state index in [1.54, 1.807) is 6.07 Å². The van der Waals surface area contributed by atoms with Gasteiger partial charge in [-0.3, -0.25) is 10.1 Å². The third kappa shape index (κ3) is 4.39. The number of carbonyl (C=O) groups excluding carboxylic acids is 1. The molecule has 0 spiro atoms. The Morgan fingerprint density at radius 1 is 1.18 bits per heavy atom. The van der Waals surface area contributed by atoms with Gasteiger partial charge in [0.25, 0.3) is 5.91 Å². The van der Waals surface area contributed by atoms with Gasteiger partial charge in [0.15, 0.2) is 16.6 Å². The van der Waals surface area contributed by atoms with Crippen molar-refractivity contribution >= 4 is 63.0 Å². The lowest BCUT2D eigenvalue weighted by Gasteiger charge is -2.08. The van der Waals surface area contributed by atoms with Gasteiger partial charge in [0.2, 0.25) is 0 Å². The summed E-state index contributed by atoms with van der Waals surface area (Å²) in [5, 5.41) is 8.42. The lowest BCUT2D eigenvalue weighted by Crippen LogP contribution is -2.33. The third-order valence-electron chi connectivity index (χ3n) is 3.93. The first kappa shape index (κ1) is 18.6. The molecule has 4 rings (SSSR count). The second-order valence-electron chi connectivity index (χ2n) is 5.98. The Hall–Kier alpha value is -2.74. The van der Waals surface area contributed by atoms with Crippen molar-refractivity contribution in [3.05, 3.63) is 81.3 Å². The maximum Gasteiger partial charge on any atom is 0.267 e. The van der Waals surface area contributed by atoms with Gasteiger partial charge >= 0.3 is 0 Å². The highest BCUT2D eigenvalue weighted by molar-refractivity contribution is 7.80. The Morgan fingerprint density at radius 3 is 2.75 bits per heavy atom. The van der Waals surface area contributed by atoms with Gasteiger partial charge in [-0.15, -0.1) is 11.3 Å². The first-order chi connectivity index (χ1) is 13.6. The number of thiophene rings is 1. The van der Waals surface area contributed by atoms with Gasteiger partial charge in [-0.1, -0.05) is 29.8 Å². The largest absolute Gasteiger partial charge is 0.440 e. The number of oxazole rings is 1. The average Bonchev–Trinajstić information content (AvgIpc) is 3.32. The van der Waals surface area contributed by atoms with Crippen LogP contribution in [-0.4, -0.2) is 16.0 Å². The standard InChI is InChI=1S/C20H14ClN3O2S2/c21-13-5-3-12(4-6-13)10-18-23-15-11-14(7-8-16(15)26-18)22-20(27)24-19(25)17-2-1-9-28-17/h1-9,11H,10H2,(H2,22,24,25,27). The van der Waals surface area contributed by atoms with Crippen LogP contribution in [0.2, 0.25) is 5.02 Å². The summed E-state index contributed by atoms with van der Waals surface area (Å²) in [5.74, 6) is 0.378. The molecule has 28 heavy (non-hydrogen) atoms. The molecule has 0 radical (unpaired) electrons. The van der Waals surface area contributed by atoms with Crippen molar-refractivity contribution in [2.75, 3.05) is 5.32 Å². The van der Waals surface area contributed by atoms with E-state index in [-0.39, 0.29) is 11.0 Å². The number of nitrogens with one attached hydrogen (secondary N) is 2. The van der Waals surface area contributed by atoms with Crippen LogP contribution in [0.1, 0.15) is 21.1 Å². The van der Waals surface area contributed by atoms with Crippen molar-refractivity contribution in [1.82, 2.24) is 10.3 Å². The maximum absolute atomic E-state index is 12.1. The molecule has 2 aromatic heterocycles. The van der Waals surface area contributed by atoms with Gasteiger partial charge in [-0.2, -0.15) is 0 Å². The van der Waals surface area contributed by atoms with E-state index in [0.29, 0.717) is 33.3 Å². The van der Waals surface area contributed by atoms with Crippen molar-refractivity contribution in [3.63, 3.8) is 0 Å². The Balaban J connectivity index is 1.44. The Morgan fingerprint density at radius 2 is 2.00 bits per heavy atom. The van der Waals surface area contributed by atoms with Gasteiger partial charge in [0, 0.05) is 17.1 Å². The minimum absolute atomic E-state index is 0.225. The van der Waals surface area contributed by atoms with Crippen molar-refractivity contribution in [1.29, 1.82) is 0 Å². The number of benzene rings is 2. The summed E-state index contributed by atoms with van der Waals surface area (Å²) in [7, 11) is 0. The van der Waals surface area contributed by atoms with Gasteiger partial charge in [0.1, 0.15) is 5.52 Å². The number of aromatic nitrogens is 1. The van der Waals surface area contributed by atoms with E-state index in [1.807, 2.05) is 53.9 Å². The molecular weight excluding hydrogens is 414 g/mol. The monoisotopic (exact) mass is 427 g/mol. The van der Waals surface area contributed by atoms with E-state index in [1.165, 1.54) is 11.3 Å². The van der Waals surface area contributed by atoms with Gasteiger partial charge in [0.05, 0.1) is 4.88 Å². The van der Waals surface area contributed by atoms with Crippen LogP contribution in [0.3, 0.4) is 0 Å². The van der Waals surface area contributed by atoms with E-state index in [9.17, 15) is 4.79 Å². The normalized spacial score (nSPS) is 10.8. The Labute approximate surface area is 175 Å². The zero-order valence-electron chi connectivity index (χ0n) is 14.4. The molecule has 2 N–H and O–H groups in total. The summed E-state index contributed by atoms with van der Waals surface area (Å²) in [5.41, 5.74) is 3.17. The molecule has 0 unspecified atom stereocenters.